The Balaban J connectivity index is 2.14. The van der Waals surface area contributed by atoms with E-state index in [1.165, 1.54) is 10.2 Å². The summed E-state index contributed by atoms with van der Waals surface area (Å²) in [4.78, 5) is 2.20. The second-order valence-corrected chi connectivity index (χ2v) is 9.40. The molecule has 3 aromatic rings. The molecule has 0 spiro atoms. The van der Waals surface area contributed by atoms with Crippen molar-refractivity contribution in [3.8, 4) is 11.5 Å². The Kier molecular flexibility index (Phi) is 6.02. The van der Waals surface area contributed by atoms with Crippen LogP contribution in [0, 0.1) is 6.92 Å². The Hall–Kier alpha value is -2.03. The largest absolute Gasteiger partial charge is 0.497 e. The van der Waals surface area contributed by atoms with Crippen molar-refractivity contribution in [3.05, 3.63) is 52.6 Å². The molecule has 1 aromatic heterocycles. The van der Waals surface area contributed by atoms with E-state index < -0.39 is 10.0 Å². The van der Waals surface area contributed by atoms with Gasteiger partial charge in [-0.25, -0.2) is 12.4 Å². The fourth-order valence-electron chi connectivity index (χ4n) is 2.85. The van der Waals surface area contributed by atoms with Crippen molar-refractivity contribution in [1.29, 1.82) is 0 Å². The van der Waals surface area contributed by atoms with Crippen LogP contribution in [-0.4, -0.2) is 51.6 Å². The highest BCUT2D eigenvalue weighted by molar-refractivity contribution is 9.10. The van der Waals surface area contributed by atoms with Gasteiger partial charge < -0.3 is 14.4 Å². The zero-order valence-corrected chi connectivity index (χ0v) is 18.7. The first-order valence-corrected chi connectivity index (χ1v) is 11.0. The highest BCUT2D eigenvalue weighted by atomic mass is 79.9. The van der Waals surface area contributed by atoms with E-state index in [0.717, 1.165) is 5.56 Å². The number of nitrogens with zero attached hydrogens (tertiary/aromatic N) is 2. The molecule has 0 radical (unpaired) electrons. The van der Waals surface area contributed by atoms with E-state index in [1.54, 1.807) is 43.5 Å². The van der Waals surface area contributed by atoms with Crippen molar-refractivity contribution in [2.24, 2.45) is 0 Å². The average Bonchev–Trinajstić information content (AvgIpc) is 3.00. The van der Waals surface area contributed by atoms with Gasteiger partial charge in [-0.1, -0.05) is 6.07 Å². The molecule has 150 valence electrons. The Labute approximate surface area is 173 Å². The van der Waals surface area contributed by atoms with Crippen LogP contribution in [0.15, 0.2) is 52.0 Å². The number of methoxy groups -OCH3 is 1. The molecule has 0 atom stereocenters. The number of ether oxygens (including phenoxy) is 2. The SMILES string of the molecule is COc1ccc2c(c1)c(OCCN(C)C)cn2S(=O)(=O)c1ccc(C)cc1Br. The summed E-state index contributed by atoms with van der Waals surface area (Å²) >= 11 is 3.38. The van der Waals surface area contributed by atoms with Crippen molar-refractivity contribution in [3.63, 3.8) is 0 Å². The number of rotatable bonds is 7. The van der Waals surface area contributed by atoms with Gasteiger partial charge in [0, 0.05) is 16.4 Å². The average molecular weight is 467 g/mol. The number of hydrogen-bond acceptors (Lipinski definition) is 5. The summed E-state index contributed by atoms with van der Waals surface area (Å²) in [6.45, 7) is 3.07. The molecule has 0 fully saturated rings. The Morgan fingerprint density at radius 2 is 1.89 bits per heavy atom. The summed E-state index contributed by atoms with van der Waals surface area (Å²) in [5.74, 6) is 1.14. The standard InChI is InChI=1S/C20H23BrN2O4S/c1-14-5-8-20(17(21)11-14)28(24,25)23-13-19(27-10-9-22(2)3)16-12-15(26-4)6-7-18(16)23/h5-8,11-13H,9-10H2,1-4H3. The molecule has 8 heteroatoms. The zero-order chi connectivity index (χ0) is 20.5. The summed E-state index contributed by atoms with van der Waals surface area (Å²) in [6.07, 6.45) is 1.53. The predicted octanol–water partition coefficient (Wildman–Crippen LogP) is 3.90. The number of benzene rings is 2. The third-order valence-electron chi connectivity index (χ3n) is 4.36. The van der Waals surface area contributed by atoms with E-state index in [0.29, 0.717) is 40.0 Å². The van der Waals surface area contributed by atoms with E-state index >= 15 is 0 Å². The van der Waals surface area contributed by atoms with Crippen LogP contribution in [0.25, 0.3) is 10.9 Å². The van der Waals surface area contributed by atoms with Gasteiger partial charge in [0.1, 0.15) is 23.0 Å². The van der Waals surface area contributed by atoms with Gasteiger partial charge in [-0.05, 0) is 72.8 Å². The highest BCUT2D eigenvalue weighted by Crippen LogP contribution is 2.35. The van der Waals surface area contributed by atoms with Gasteiger partial charge in [-0.3, -0.25) is 0 Å². The molecule has 0 aliphatic rings. The van der Waals surface area contributed by atoms with Crippen molar-refractivity contribution >= 4 is 36.9 Å². The molecule has 0 bridgehead atoms. The number of likely N-dealkylation sites (N-methyl/N-ethyl adjacent to an activating group) is 1. The topological polar surface area (TPSA) is 60.8 Å². The van der Waals surface area contributed by atoms with Crippen molar-refractivity contribution < 1.29 is 17.9 Å². The second kappa shape index (κ2) is 8.14. The molecule has 28 heavy (non-hydrogen) atoms. The molecule has 6 nitrogen and oxygen atoms in total. The van der Waals surface area contributed by atoms with Crippen LogP contribution in [0.2, 0.25) is 0 Å². The van der Waals surface area contributed by atoms with Crippen LogP contribution in [0.5, 0.6) is 11.5 Å². The third kappa shape index (κ3) is 4.04. The second-order valence-electron chi connectivity index (χ2n) is 6.76. The lowest BCUT2D eigenvalue weighted by Crippen LogP contribution is -2.19. The van der Waals surface area contributed by atoms with Crippen molar-refractivity contribution in [1.82, 2.24) is 8.87 Å². The normalized spacial score (nSPS) is 11.9. The van der Waals surface area contributed by atoms with E-state index in [2.05, 4.69) is 15.9 Å². The van der Waals surface area contributed by atoms with Gasteiger partial charge in [-0.15, -0.1) is 0 Å². The van der Waals surface area contributed by atoms with Gasteiger partial charge in [-0.2, -0.15) is 0 Å². The van der Waals surface area contributed by atoms with E-state index in [-0.39, 0.29) is 4.90 Å². The molecule has 3 rings (SSSR count). The molecular formula is C20H23BrN2O4S. The molecule has 0 saturated heterocycles. The minimum atomic E-state index is -3.81. The molecule has 0 unspecified atom stereocenters. The molecule has 0 saturated carbocycles. The van der Waals surface area contributed by atoms with Gasteiger partial charge in [0.15, 0.2) is 0 Å². The lowest BCUT2D eigenvalue weighted by atomic mass is 10.2. The Morgan fingerprint density at radius 1 is 1.14 bits per heavy atom. The van der Waals surface area contributed by atoms with Crippen LogP contribution in [0.4, 0.5) is 0 Å². The van der Waals surface area contributed by atoms with Gasteiger partial charge >= 0.3 is 0 Å². The minimum absolute atomic E-state index is 0.200. The first kappa shape index (κ1) is 20.7. The zero-order valence-electron chi connectivity index (χ0n) is 16.3. The van der Waals surface area contributed by atoms with Gasteiger partial charge in [0.2, 0.25) is 0 Å². The summed E-state index contributed by atoms with van der Waals surface area (Å²) < 4.78 is 39.7. The quantitative estimate of drug-likeness (QED) is 0.528. The molecule has 0 N–H and O–H groups in total. The lowest BCUT2D eigenvalue weighted by Gasteiger charge is -2.10. The highest BCUT2D eigenvalue weighted by Gasteiger charge is 2.24. The molecule has 2 aromatic carbocycles. The van der Waals surface area contributed by atoms with Crippen LogP contribution >= 0.6 is 15.9 Å². The van der Waals surface area contributed by atoms with Crippen LogP contribution in [-0.2, 0) is 10.0 Å². The number of aryl methyl sites for hydroxylation is 1. The summed E-state index contributed by atoms with van der Waals surface area (Å²) in [6, 6.07) is 10.4. The lowest BCUT2D eigenvalue weighted by molar-refractivity contribution is 0.263. The van der Waals surface area contributed by atoms with Crippen molar-refractivity contribution in [2.75, 3.05) is 34.4 Å². The Morgan fingerprint density at radius 3 is 2.54 bits per heavy atom. The minimum Gasteiger partial charge on any atom is -0.497 e. The molecule has 0 aliphatic carbocycles. The molecule has 0 aliphatic heterocycles. The molecular weight excluding hydrogens is 444 g/mol. The number of hydrogen-bond donors (Lipinski definition) is 0. The maximum Gasteiger partial charge on any atom is 0.269 e. The summed E-state index contributed by atoms with van der Waals surface area (Å²) in [7, 11) is 1.67. The fourth-order valence-corrected chi connectivity index (χ4v) is 5.37. The molecule has 0 amide bonds. The van der Waals surface area contributed by atoms with Crippen LogP contribution in [0.1, 0.15) is 5.56 Å². The summed E-state index contributed by atoms with van der Waals surface area (Å²) in [5.41, 5.74) is 1.51. The maximum atomic E-state index is 13.4. The number of aromatic nitrogens is 1. The predicted molar refractivity (Wildman–Crippen MR) is 114 cm³/mol. The van der Waals surface area contributed by atoms with E-state index in [9.17, 15) is 8.42 Å². The Bertz CT molecular complexity index is 1110. The maximum absolute atomic E-state index is 13.4. The fraction of sp³-hybridized carbons (Fsp3) is 0.300. The first-order chi connectivity index (χ1) is 13.2. The monoisotopic (exact) mass is 466 g/mol. The van der Waals surface area contributed by atoms with Gasteiger partial charge in [0.25, 0.3) is 10.0 Å². The van der Waals surface area contributed by atoms with Crippen molar-refractivity contribution in [2.45, 2.75) is 11.8 Å². The molecule has 1 heterocycles. The van der Waals surface area contributed by atoms with E-state index in [1.807, 2.05) is 25.9 Å². The third-order valence-corrected chi connectivity index (χ3v) is 7.01. The first-order valence-electron chi connectivity index (χ1n) is 8.72. The van der Waals surface area contributed by atoms with E-state index in [4.69, 9.17) is 9.47 Å². The van der Waals surface area contributed by atoms with Gasteiger partial charge in [0.05, 0.1) is 18.8 Å². The van der Waals surface area contributed by atoms with Crippen LogP contribution in [0.3, 0.4) is 0 Å². The number of halogens is 1. The van der Waals surface area contributed by atoms with Crippen LogP contribution < -0.4 is 9.47 Å². The number of fused-ring (bicyclic) bond motifs is 1. The smallest absolute Gasteiger partial charge is 0.269 e. The summed E-state index contributed by atoms with van der Waals surface area (Å²) in [5, 5.41) is 0.685.